The van der Waals surface area contributed by atoms with Crippen molar-refractivity contribution in [1.82, 2.24) is 0 Å². The highest BCUT2D eigenvalue weighted by atomic mass is 16.5. The van der Waals surface area contributed by atoms with Crippen LogP contribution in [-0.2, 0) is 17.6 Å². The minimum atomic E-state index is -0.457. The monoisotopic (exact) mass is 491 g/mol. The third-order valence-corrected chi connectivity index (χ3v) is 11.2. The lowest BCUT2D eigenvalue weighted by Crippen LogP contribution is -2.77. The molecule has 36 heavy (non-hydrogen) atoms. The van der Waals surface area contributed by atoms with Crippen LogP contribution in [-0.4, -0.2) is 33.6 Å². The molecule has 0 amide bonds. The standard InChI is InChI=1S/C32H45NO3/c1-29(2)27-11-15-32(36-29)25-18-22(20-30(21-25)12-3-4-13-30)17-24-9-10-26(35)19-23(24)7-5-8-28(32)31(27,33)14-6-16-34/h9-10,19,22,25,27-28,34-35H,3-4,6-7,11-18,20-21,33H2,1-2H3/t22-,25+,27+,28+,31-,32-/m1/s1. The number of phenolic OH excluding ortho intramolecular Hbond substituents is 1. The van der Waals surface area contributed by atoms with Gasteiger partial charge < -0.3 is 20.7 Å². The first-order valence-corrected chi connectivity index (χ1v) is 14.6. The number of rotatable bonds is 3. The average molecular weight is 492 g/mol. The van der Waals surface area contributed by atoms with Gasteiger partial charge in [0.25, 0.3) is 0 Å². The molecule has 4 nitrogen and oxygen atoms in total. The van der Waals surface area contributed by atoms with E-state index in [1.165, 1.54) is 56.1 Å². The number of ether oxygens (including phenoxy) is 1. The molecule has 2 aliphatic heterocycles. The normalized spacial score (nSPS) is 40.0. The summed E-state index contributed by atoms with van der Waals surface area (Å²) < 4.78 is 7.31. The fraction of sp³-hybridized carbons (Fsp3) is 0.750. The van der Waals surface area contributed by atoms with Gasteiger partial charge in [0.05, 0.1) is 17.1 Å². The number of fused-ring (bicyclic) bond motifs is 5. The predicted octanol–water partition coefficient (Wildman–Crippen LogP) is 5.51. The number of aromatic hydroxyl groups is 1. The second-order valence-electron chi connectivity index (χ2n) is 13.7. The van der Waals surface area contributed by atoms with Crippen LogP contribution in [0, 0.1) is 40.9 Å². The first kappa shape index (κ1) is 24.8. The van der Waals surface area contributed by atoms with Crippen molar-refractivity contribution >= 4 is 0 Å². The van der Waals surface area contributed by atoms with Gasteiger partial charge in [-0.25, -0.2) is 0 Å². The Labute approximate surface area is 217 Å². The van der Waals surface area contributed by atoms with Crippen LogP contribution < -0.4 is 5.73 Å². The molecule has 2 heterocycles. The molecule has 1 aromatic rings. The highest BCUT2D eigenvalue weighted by molar-refractivity contribution is 5.39. The number of phenols is 1. The van der Waals surface area contributed by atoms with Crippen LogP contribution in [0.3, 0.4) is 0 Å². The third-order valence-electron chi connectivity index (χ3n) is 11.2. The van der Waals surface area contributed by atoms with Gasteiger partial charge in [0.2, 0.25) is 0 Å². The van der Waals surface area contributed by atoms with E-state index in [0.29, 0.717) is 35.8 Å². The van der Waals surface area contributed by atoms with Crippen molar-refractivity contribution in [3.05, 3.63) is 29.3 Å². The lowest BCUT2D eigenvalue weighted by molar-refractivity contribution is -0.309. The molecule has 0 radical (unpaired) electrons. The summed E-state index contributed by atoms with van der Waals surface area (Å²) in [7, 11) is 0. The smallest absolute Gasteiger partial charge is 0.115 e. The number of hydrogen-bond acceptors (Lipinski definition) is 4. The number of aliphatic hydroxyl groups excluding tert-OH is 1. The van der Waals surface area contributed by atoms with E-state index in [0.717, 1.165) is 25.7 Å². The van der Waals surface area contributed by atoms with Gasteiger partial charge in [-0.3, -0.25) is 0 Å². The maximum Gasteiger partial charge on any atom is 0.115 e. The molecule has 2 spiro atoms. The Bertz CT molecular complexity index is 1060. The van der Waals surface area contributed by atoms with Crippen molar-refractivity contribution in [2.75, 3.05) is 6.61 Å². The van der Waals surface area contributed by atoms with Crippen LogP contribution >= 0.6 is 0 Å². The molecule has 1 aromatic carbocycles. The lowest BCUT2D eigenvalue weighted by atomic mass is 9.46. The van der Waals surface area contributed by atoms with Crippen molar-refractivity contribution in [3.8, 4) is 17.6 Å². The summed E-state index contributed by atoms with van der Waals surface area (Å²) in [5.74, 6) is 8.94. The third kappa shape index (κ3) is 3.84. The highest BCUT2D eigenvalue weighted by Gasteiger charge is 2.69. The zero-order chi connectivity index (χ0) is 25.2. The maximum atomic E-state index is 10.3. The summed E-state index contributed by atoms with van der Waals surface area (Å²) >= 11 is 0. The fourth-order valence-corrected chi connectivity index (χ4v) is 9.97. The minimum absolute atomic E-state index is 0.0237. The van der Waals surface area contributed by atoms with Crippen LogP contribution in [0.4, 0.5) is 0 Å². The van der Waals surface area contributed by atoms with Crippen molar-refractivity contribution in [3.63, 3.8) is 0 Å². The largest absolute Gasteiger partial charge is 0.508 e. The first-order valence-electron chi connectivity index (χ1n) is 14.6. The van der Waals surface area contributed by atoms with Gasteiger partial charge in [0.15, 0.2) is 0 Å². The summed E-state index contributed by atoms with van der Waals surface area (Å²) in [5, 5.41) is 20.1. The number of benzene rings is 1. The van der Waals surface area contributed by atoms with E-state index in [2.05, 4.69) is 31.8 Å². The topological polar surface area (TPSA) is 75.7 Å². The van der Waals surface area contributed by atoms with Crippen molar-refractivity contribution in [2.24, 2.45) is 34.8 Å². The summed E-state index contributed by atoms with van der Waals surface area (Å²) in [6.07, 6.45) is 14.5. The average Bonchev–Trinajstić information content (AvgIpc) is 3.26. The maximum absolute atomic E-state index is 10.3. The quantitative estimate of drug-likeness (QED) is 0.487. The molecule has 196 valence electrons. The fourth-order valence-electron chi connectivity index (χ4n) is 9.97. The minimum Gasteiger partial charge on any atom is -0.508 e. The summed E-state index contributed by atoms with van der Waals surface area (Å²) in [4.78, 5) is 0. The SMILES string of the molecule is CC1(C)O[C@@]23CC[C@@H]1[C@](N)(CCCO)[C@@H]2C#CCc1cc(O)ccc1C[C@@H]1C[C@H]3CC2(CCCC2)C1. The van der Waals surface area contributed by atoms with Gasteiger partial charge in [-0.05, 0) is 119 Å². The van der Waals surface area contributed by atoms with E-state index >= 15 is 0 Å². The van der Waals surface area contributed by atoms with Crippen molar-refractivity contribution in [2.45, 2.75) is 114 Å². The molecule has 6 atom stereocenters. The molecule has 2 saturated heterocycles. The Morgan fingerprint density at radius 1 is 1.11 bits per heavy atom. The summed E-state index contributed by atoms with van der Waals surface area (Å²) in [6.45, 7) is 4.69. The Balaban J connectivity index is 1.51. The van der Waals surface area contributed by atoms with Crippen LogP contribution in [0.2, 0.25) is 0 Å². The van der Waals surface area contributed by atoms with Gasteiger partial charge in [-0.2, -0.15) is 0 Å². The molecule has 4 bridgehead atoms. The summed E-state index contributed by atoms with van der Waals surface area (Å²) in [6, 6.07) is 5.92. The van der Waals surface area contributed by atoms with Crippen LogP contribution in [0.25, 0.3) is 0 Å². The number of nitrogens with two attached hydrogens (primary N) is 1. The molecule has 5 fully saturated rings. The highest BCUT2D eigenvalue weighted by Crippen LogP contribution is 2.65. The second kappa shape index (κ2) is 8.75. The van der Waals surface area contributed by atoms with Crippen molar-refractivity contribution in [1.29, 1.82) is 0 Å². The van der Waals surface area contributed by atoms with Gasteiger partial charge in [0.1, 0.15) is 5.75 Å². The Hall–Kier alpha value is -1.54. The molecule has 3 saturated carbocycles. The van der Waals surface area contributed by atoms with E-state index in [-0.39, 0.29) is 29.6 Å². The van der Waals surface area contributed by atoms with E-state index in [4.69, 9.17) is 10.5 Å². The van der Waals surface area contributed by atoms with Crippen LogP contribution in [0.15, 0.2) is 18.2 Å². The number of hydrogen-bond donors (Lipinski definition) is 3. The van der Waals surface area contributed by atoms with Gasteiger partial charge in [-0.15, -0.1) is 0 Å². The predicted molar refractivity (Wildman–Crippen MR) is 142 cm³/mol. The first-order chi connectivity index (χ1) is 17.2. The lowest BCUT2D eigenvalue weighted by Gasteiger charge is -2.68. The van der Waals surface area contributed by atoms with Crippen molar-refractivity contribution < 1.29 is 14.9 Å². The Morgan fingerprint density at radius 3 is 2.67 bits per heavy atom. The van der Waals surface area contributed by atoms with Crippen LogP contribution in [0.5, 0.6) is 5.75 Å². The molecule has 0 unspecified atom stereocenters. The van der Waals surface area contributed by atoms with E-state index < -0.39 is 5.54 Å². The molecular formula is C32H45NO3. The Kier molecular flexibility index (Phi) is 6.03. The number of aliphatic hydroxyl groups is 1. The van der Waals surface area contributed by atoms with Gasteiger partial charge in [-0.1, -0.05) is 30.7 Å². The molecule has 4 N–H and O–H groups in total. The van der Waals surface area contributed by atoms with E-state index in [1.54, 1.807) is 0 Å². The zero-order valence-electron chi connectivity index (χ0n) is 22.3. The van der Waals surface area contributed by atoms with Crippen LogP contribution in [0.1, 0.15) is 95.6 Å². The van der Waals surface area contributed by atoms with E-state index in [9.17, 15) is 10.2 Å². The van der Waals surface area contributed by atoms with Gasteiger partial charge >= 0.3 is 0 Å². The molecule has 0 aromatic heterocycles. The molecular weight excluding hydrogens is 446 g/mol. The molecule has 4 aliphatic carbocycles. The molecule has 7 rings (SSSR count). The summed E-state index contributed by atoms with van der Waals surface area (Å²) in [5.41, 5.74) is 9.39. The van der Waals surface area contributed by atoms with Gasteiger partial charge in [0, 0.05) is 24.5 Å². The molecule has 4 heteroatoms. The zero-order valence-corrected chi connectivity index (χ0v) is 22.3. The second-order valence-corrected chi connectivity index (χ2v) is 13.7. The Morgan fingerprint density at radius 2 is 1.92 bits per heavy atom. The van der Waals surface area contributed by atoms with E-state index in [1.807, 2.05) is 12.1 Å². The molecule has 6 aliphatic rings.